The van der Waals surface area contributed by atoms with Crippen molar-refractivity contribution in [2.24, 2.45) is 0 Å². The van der Waals surface area contributed by atoms with Crippen molar-refractivity contribution in [1.29, 1.82) is 0 Å². The van der Waals surface area contributed by atoms with Gasteiger partial charge in [-0.3, -0.25) is 0 Å². The maximum absolute atomic E-state index is 5.72. The number of aromatic nitrogens is 2. The van der Waals surface area contributed by atoms with E-state index in [2.05, 4.69) is 10.1 Å². The van der Waals surface area contributed by atoms with Crippen molar-refractivity contribution in [3.8, 4) is 16.9 Å². The van der Waals surface area contributed by atoms with Crippen molar-refractivity contribution in [2.45, 2.75) is 0 Å². The van der Waals surface area contributed by atoms with E-state index >= 15 is 0 Å². The summed E-state index contributed by atoms with van der Waals surface area (Å²) in [6, 6.07) is 5.91. The number of nitrogens with two attached hydrogens (primary N) is 1. The second-order valence-electron chi connectivity index (χ2n) is 3.72. The van der Waals surface area contributed by atoms with Gasteiger partial charge >= 0.3 is 0 Å². The van der Waals surface area contributed by atoms with E-state index in [1.807, 2.05) is 24.4 Å². The van der Waals surface area contributed by atoms with Crippen LogP contribution in [-0.2, 0) is 0 Å². The molecule has 2 aromatic heterocycles. The monoisotopic (exact) mass is 229 g/mol. The van der Waals surface area contributed by atoms with Crippen molar-refractivity contribution in [3.05, 3.63) is 30.6 Å². The summed E-state index contributed by atoms with van der Waals surface area (Å²) >= 11 is 0. The van der Waals surface area contributed by atoms with Crippen LogP contribution in [0.25, 0.3) is 22.0 Å². The predicted molar refractivity (Wildman–Crippen MR) is 64.8 cm³/mol. The van der Waals surface area contributed by atoms with Gasteiger partial charge in [0.2, 0.25) is 5.88 Å². The van der Waals surface area contributed by atoms with E-state index < -0.39 is 0 Å². The van der Waals surface area contributed by atoms with Gasteiger partial charge in [0.25, 0.3) is 0 Å². The van der Waals surface area contributed by atoms with Gasteiger partial charge in [-0.15, -0.1) is 0 Å². The molecule has 0 saturated carbocycles. The van der Waals surface area contributed by atoms with Crippen molar-refractivity contribution >= 4 is 16.8 Å². The van der Waals surface area contributed by atoms with Crippen molar-refractivity contribution in [3.63, 3.8) is 0 Å². The number of ether oxygens (including phenoxy) is 1. The average Bonchev–Trinajstić information content (AvgIpc) is 2.94. The molecule has 17 heavy (non-hydrogen) atoms. The van der Waals surface area contributed by atoms with Gasteiger partial charge in [0.1, 0.15) is 5.75 Å². The molecule has 1 aromatic carbocycles. The second kappa shape index (κ2) is 3.55. The fourth-order valence-electron chi connectivity index (χ4n) is 1.91. The zero-order valence-corrected chi connectivity index (χ0v) is 9.23. The highest BCUT2D eigenvalue weighted by molar-refractivity contribution is 5.90. The minimum absolute atomic E-state index is 0.286. The minimum Gasteiger partial charge on any atom is -0.496 e. The second-order valence-corrected chi connectivity index (χ2v) is 3.72. The molecule has 0 unspecified atom stereocenters. The quantitative estimate of drug-likeness (QED) is 0.707. The number of nitrogen functional groups attached to an aromatic ring is 1. The lowest BCUT2D eigenvalue weighted by Crippen LogP contribution is -1.90. The van der Waals surface area contributed by atoms with Crippen LogP contribution in [0.5, 0.6) is 5.75 Å². The highest BCUT2D eigenvalue weighted by Gasteiger charge is 2.13. The van der Waals surface area contributed by atoms with E-state index in [-0.39, 0.29) is 5.88 Å². The van der Waals surface area contributed by atoms with E-state index in [0.29, 0.717) is 0 Å². The van der Waals surface area contributed by atoms with Crippen molar-refractivity contribution < 1.29 is 9.26 Å². The zero-order valence-electron chi connectivity index (χ0n) is 9.23. The molecule has 0 radical (unpaired) electrons. The van der Waals surface area contributed by atoms with Crippen LogP contribution in [0.2, 0.25) is 0 Å². The summed E-state index contributed by atoms with van der Waals surface area (Å²) < 4.78 is 10.2. The minimum atomic E-state index is 0.286. The standard InChI is InChI=1S/C12H11N3O2/c1-16-11-4-7-2-3-14-10(7)5-8(11)9-6-15-17-12(9)13/h2-6,14H,13H2,1H3. The first-order chi connectivity index (χ1) is 8.29. The van der Waals surface area contributed by atoms with Crippen LogP contribution in [0.1, 0.15) is 0 Å². The van der Waals surface area contributed by atoms with Gasteiger partial charge < -0.3 is 20.0 Å². The first-order valence-corrected chi connectivity index (χ1v) is 5.15. The summed E-state index contributed by atoms with van der Waals surface area (Å²) in [5, 5.41) is 4.76. The third-order valence-electron chi connectivity index (χ3n) is 2.76. The van der Waals surface area contributed by atoms with Crippen LogP contribution in [0.15, 0.2) is 35.1 Å². The van der Waals surface area contributed by atoms with Crippen LogP contribution >= 0.6 is 0 Å². The number of hydrogen-bond acceptors (Lipinski definition) is 4. The lowest BCUT2D eigenvalue weighted by Gasteiger charge is -2.07. The average molecular weight is 229 g/mol. The molecule has 3 rings (SSSR count). The first-order valence-electron chi connectivity index (χ1n) is 5.15. The molecule has 0 aliphatic heterocycles. The summed E-state index contributed by atoms with van der Waals surface area (Å²) in [5.41, 5.74) is 8.33. The van der Waals surface area contributed by atoms with E-state index in [1.54, 1.807) is 13.3 Å². The number of H-pyrrole nitrogens is 1. The molecule has 0 spiro atoms. The number of aromatic amines is 1. The molecular formula is C12H11N3O2. The summed E-state index contributed by atoms with van der Waals surface area (Å²) in [7, 11) is 1.63. The molecule has 3 aromatic rings. The Balaban J connectivity index is 2.30. The topological polar surface area (TPSA) is 77.1 Å². The van der Waals surface area contributed by atoms with Crippen LogP contribution in [0.4, 0.5) is 5.88 Å². The SMILES string of the molecule is COc1cc2cc[nH]c2cc1-c1cnoc1N. The number of fused-ring (bicyclic) bond motifs is 1. The molecule has 0 bridgehead atoms. The van der Waals surface area contributed by atoms with E-state index in [9.17, 15) is 0 Å². The molecule has 5 nitrogen and oxygen atoms in total. The van der Waals surface area contributed by atoms with Crippen LogP contribution in [0.3, 0.4) is 0 Å². The van der Waals surface area contributed by atoms with Gasteiger partial charge in [-0.25, -0.2) is 0 Å². The normalized spacial score (nSPS) is 10.9. The number of rotatable bonds is 2. The number of nitrogens with zero attached hydrogens (tertiary/aromatic N) is 1. The van der Waals surface area contributed by atoms with E-state index in [0.717, 1.165) is 27.8 Å². The molecule has 0 saturated heterocycles. The number of nitrogens with one attached hydrogen (secondary N) is 1. The Kier molecular flexibility index (Phi) is 2.04. The van der Waals surface area contributed by atoms with E-state index in [1.165, 1.54) is 0 Å². The maximum atomic E-state index is 5.72. The maximum Gasteiger partial charge on any atom is 0.230 e. The molecule has 0 aliphatic rings. The summed E-state index contributed by atoms with van der Waals surface area (Å²) in [6.45, 7) is 0. The lowest BCUT2D eigenvalue weighted by atomic mass is 10.1. The summed E-state index contributed by atoms with van der Waals surface area (Å²) in [5.74, 6) is 1.03. The van der Waals surface area contributed by atoms with Gasteiger partial charge in [0.05, 0.1) is 18.9 Å². The highest BCUT2D eigenvalue weighted by atomic mass is 16.5. The fourth-order valence-corrected chi connectivity index (χ4v) is 1.91. The molecule has 0 amide bonds. The molecular weight excluding hydrogens is 218 g/mol. The summed E-state index contributed by atoms with van der Waals surface area (Å²) in [4.78, 5) is 3.15. The Morgan fingerprint density at radius 2 is 2.24 bits per heavy atom. The highest BCUT2D eigenvalue weighted by Crippen LogP contribution is 2.36. The largest absolute Gasteiger partial charge is 0.496 e. The Morgan fingerprint density at radius 3 is 2.94 bits per heavy atom. The molecule has 3 N–H and O–H groups in total. The van der Waals surface area contributed by atoms with Gasteiger partial charge in [-0.1, -0.05) is 5.16 Å². The Morgan fingerprint density at radius 1 is 1.35 bits per heavy atom. The van der Waals surface area contributed by atoms with Crippen LogP contribution < -0.4 is 10.5 Å². The van der Waals surface area contributed by atoms with E-state index in [4.69, 9.17) is 15.0 Å². The molecule has 0 fully saturated rings. The molecule has 5 heteroatoms. The smallest absolute Gasteiger partial charge is 0.230 e. The molecule has 0 aliphatic carbocycles. The molecule has 86 valence electrons. The number of benzene rings is 1. The fraction of sp³-hybridized carbons (Fsp3) is 0.0833. The third kappa shape index (κ3) is 1.44. The number of anilines is 1. The summed E-state index contributed by atoms with van der Waals surface area (Å²) in [6.07, 6.45) is 3.47. The van der Waals surface area contributed by atoms with Gasteiger partial charge in [-0.05, 0) is 18.2 Å². The lowest BCUT2D eigenvalue weighted by molar-refractivity contribution is 0.417. The first kappa shape index (κ1) is 9.77. The Hall–Kier alpha value is -2.43. The molecule has 0 atom stereocenters. The van der Waals surface area contributed by atoms with Crippen LogP contribution in [0, 0.1) is 0 Å². The molecule has 2 heterocycles. The predicted octanol–water partition coefficient (Wildman–Crippen LogP) is 2.41. The third-order valence-corrected chi connectivity index (χ3v) is 2.76. The van der Waals surface area contributed by atoms with Crippen LogP contribution in [-0.4, -0.2) is 17.3 Å². The number of methoxy groups -OCH3 is 1. The van der Waals surface area contributed by atoms with Gasteiger partial charge in [-0.2, -0.15) is 0 Å². The number of hydrogen-bond donors (Lipinski definition) is 2. The zero-order chi connectivity index (χ0) is 11.8. The van der Waals surface area contributed by atoms with Gasteiger partial charge in [0.15, 0.2) is 0 Å². The van der Waals surface area contributed by atoms with Crippen molar-refractivity contribution in [2.75, 3.05) is 12.8 Å². The van der Waals surface area contributed by atoms with Crippen molar-refractivity contribution in [1.82, 2.24) is 10.1 Å². The van der Waals surface area contributed by atoms with Gasteiger partial charge in [0, 0.05) is 22.7 Å². The Bertz CT molecular complexity index is 669. The Labute approximate surface area is 97.2 Å².